The van der Waals surface area contributed by atoms with Crippen molar-refractivity contribution in [2.24, 2.45) is 5.73 Å². The zero-order valence-corrected chi connectivity index (χ0v) is 9.49. The van der Waals surface area contributed by atoms with Crippen molar-refractivity contribution in [2.75, 3.05) is 6.54 Å². The van der Waals surface area contributed by atoms with Crippen LogP contribution >= 0.6 is 0 Å². The first kappa shape index (κ1) is 14.1. The van der Waals surface area contributed by atoms with Gasteiger partial charge in [-0.05, 0) is 13.3 Å². The van der Waals surface area contributed by atoms with Gasteiger partial charge >= 0.3 is 5.97 Å². The van der Waals surface area contributed by atoms with E-state index in [0.717, 1.165) is 13.0 Å². The maximum atomic E-state index is 10.7. The average molecular weight is 216 g/mol. The van der Waals surface area contributed by atoms with E-state index >= 15 is 0 Å². The summed E-state index contributed by atoms with van der Waals surface area (Å²) in [7, 11) is 0. The van der Waals surface area contributed by atoms with Crippen LogP contribution in [0.5, 0.6) is 0 Å². The first-order valence-corrected chi connectivity index (χ1v) is 5.09. The highest BCUT2D eigenvalue weighted by Crippen LogP contribution is 2.04. The summed E-state index contributed by atoms with van der Waals surface area (Å²) in [6.07, 6.45) is 5.08. The Balaban J connectivity index is 3.67. The lowest BCUT2D eigenvalue weighted by atomic mass is 9.99. The van der Waals surface area contributed by atoms with E-state index < -0.39 is 11.5 Å². The van der Waals surface area contributed by atoms with Gasteiger partial charge in [-0.2, -0.15) is 0 Å². The van der Waals surface area contributed by atoms with Crippen LogP contribution in [0.3, 0.4) is 0 Å². The molecule has 0 saturated heterocycles. The number of aliphatic carboxylic acids is 1. The largest absolute Gasteiger partial charge is 0.477 e. The molecule has 2 unspecified atom stereocenters. The smallest absolute Gasteiger partial charge is 0.365 e. The summed E-state index contributed by atoms with van der Waals surface area (Å²) in [6.45, 7) is 4.29. The van der Waals surface area contributed by atoms with Gasteiger partial charge in [-0.15, -0.1) is 0 Å². The Hall–Kier alpha value is -0.910. The molecule has 0 radical (unpaired) electrons. The summed E-state index contributed by atoms with van der Waals surface area (Å²) >= 11 is 0. The monoisotopic (exact) mass is 216 g/mol. The van der Waals surface area contributed by atoms with E-state index in [9.17, 15) is 4.79 Å². The highest BCUT2D eigenvalue weighted by Gasteiger charge is 2.30. The van der Waals surface area contributed by atoms with Gasteiger partial charge in [0.2, 0.25) is 0 Å². The Morgan fingerprint density at radius 3 is 2.73 bits per heavy atom. The van der Waals surface area contributed by atoms with Crippen LogP contribution in [0.1, 0.15) is 26.7 Å². The van der Waals surface area contributed by atoms with Crippen LogP contribution in [0.2, 0.25) is 0 Å². The first-order chi connectivity index (χ1) is 6.86. The van der Waals surface area contributed by atoms with Crippen molar-refractivity contribution in [3.05, 3.63) is 12.2 Å². The summed E-state index contributed by atoms with van der Waals surface area (Å²) in [5, 5.41) is 11.9. The maximum Gasteiger partial charge on any atom is 0.365 e. The molecular formula is C10H22N3O2+. The van der Waals surface area contributed by atoms with Crippen LogP contribution < -0.4 is 16.8 Å². The van der Waals surface area contributed by atoms with Crippen molar-refractivity contribution in [3.8, 4) is 0 Å². The second kappa shape index (κ2) is 6.55. The third-order valence-corrected chi connectivity index (χ3v) is 2.03. The van der Waals surface area contributed by atoms with Gasteiger partial charge in [0.25, 0.3) is 0 Å². The summed E-state index contributed by atoms with van der Waals surface area (Å²) in [4.78, 5) is 10.7. The quantitative estimate of drug-likeness (QED) is 0.257. The molecule has 88 valence electrons. The minimum atomic E-state index is -0.926. The van der Waals surface area contributed by atoms with E-state index in [0.29, 0.717) is 6.42 Å². The van der Waals surface area contributed by atoms with Crippen LogP contribution in [0, 0.1) is 0 Å². The molecule has 0 spiro atoms. The lowest BCUT2D eigenvalue weighted by molar-refractivity contribution is -0.455. The lowest BCUT2D eigenvalue weighted by Gasteiger charge is -2.12. The zero-order chi connectivity index (χ0) is 11.9. The summed E-state index contributed by atoms with van der Waals surface area (Å²) < 4.78 is 0. The molecule has 0 fully saturated rings. The van der Waals surface area contributed by atoms with Crippen LogP contribution in [-0.4, -0.2) is 29.3 Å². The van der Waals surface area contributed by atoms with Gasteiger partial charge in [-0.1, -0.05) is 12.2 Å². The van der Waals surface area contributed by atoms with Crippen molar-refractivity contribution in [2.45, 2.75) is 38.4 Å². The van der Waals surface area contributed by atoms with Gasteiger partial charge < -0.3 is 21.9 Å². The highest BCUT2D eigenvalue weighted by molar-refractivity contribution is 5.76. The molecule has 5 heteroatoms. The molecule has 0 saturated carbocycles. The van der Waals surface area contributed by atoms with Crippen LogP contribution in [0.15, 0.2) is 12.2 Å². The molecule has 15 heavy (non-hydrogen) atoms. The molecular weight excluding hydrogens is 194 g/mol. The molecule has 0 aliphatic rings. The van der Waals surface area contributed by atoms with Gasteiger partial charge in [0.1, 0.15) is 0 Å². The van der Waals surface area contributed by atoms with Gasteiger partial charge in [-0.3, -0.25) is 0 Å². The standard InChI is InChI=1S/C10H21N3O2/c1-8(11)13-7-5-3-4-6-10(2,12)9(14)15/h3-4,8,13H,5-7,11-12H2,1-2H3,(H,14,15)/p+1/b4-3-. The number of nitrogens with two attached hydrogens (primary N) is 1. The van der Waals surface area contributed by atoms with Crippen molar-refractivity contribution >= 4 is 5.97 Å². The fourth-order valence-electron chi connectivity index (χ4n) is 0.943. The number of carboxylic acids is 1. The predicted molar refractivity (Wildman–Crippen MR) is 59.0 cm³/mol. The fourth-order valence-corrected chi connectivity index (χ4v) is 0.943. The van der Waals surface area contributed by atoms with E-state index in [2.05, 4.69) is 11.1 Å². The second-order valence-corrected chi connectivity index (χ2v) is 4.07. The molecule has 0 heterocycles. The third-order valence-electron chi connectivity index (χ3n) is 2.03. The predicted octanol–water partition coefficient (Wildman–Crippen LogP) is -0.698. The highest BCUT2D eigenvalue weighted by atomic mass is 16.4. The number of carbonyl (C=O) groups is 1. The Bertz CT molecular complexity index is 225. The van der Waals surface area contributed by atoms with E-state index in [1.165, 1.54) is 0 Å². The molecule has 0 aromatic carbocycles. The minimum Gasteiger partial charge on any atom is -0.477 e. The van der Waals surface area contributed by atoms with E-state index in [1.54, 1.807) is 6.92 Å². The Labute approximate surface area is 90.5 Å². The van der Waals surface area contributed by atoms with E-state index in [4.69, 9.17) is 10.8 Å². The molecule has 0 bridgehead atoms. The second-order valence-electron chi connectivity index (χ2n) is 4.07. The molecule has 0 aromatic rings. The normalized spacial score (nSPS) is 17.6. The van der Waals surface area contributed by atoms with Crippen molar-refractivity contribution in [1.29, 1.82) is 0 Å². The Morgan fingerprint density at radius 1 is 1.67 bits per heavy atom. The number of rotatable bonds is 7. The number of quaternary nitrogens is 1. The molecule has 0 amide bonds. The average Bonchev–Trinajstić information content (AvgIpc) is 2.10. The van der Waals surface area contributed by atoms with Gasteiger partial charge in [0.15, 0.2) is 5.54 Å². The maximum absolute atomic E-state index is 10.7. The lowest BCUT2D eigenvalue weighted by Crippen LogP contribution is -2.74. The SMILES string of the molecule is CC(N)NCC/C=C\CC(C)([NH3+])C(=O)O. The van der Waals surface area contributed by atoms with Gasteiger partial charge in [0.05, 0.1) is 6.17 Å². The minimum absolute atomic E-state index is 0.00414. The molecule has 0 aliphatic heterocycles. The van der Waals surface area contributed by atoms with Gasteiger partial charge in [-0.25, -0.2) is 4.79 Å². The van der Waals surface area contributed by atoms with Crippen LogP contribution in [-0.2, 0) is 4.79 Å². The van der Waals surface area contributed by atoms with E-state index in [1.807, 2.05) is 19.1 Å². The third kappa shape index (κ3) is 7.07. The molecule has 7 N–H and O–H groups in total. The van der Waals surface area contributed by atoms with E-state index in [-0.39, 0.29) is 6.17 Å². The zero-order valence-electron chi connectivity index (χ0n) is 9.49. The summed E-state index contributed by atoms with van der Waals surface area (Å²) in [5.41, 5.74) is 8.20. The molecule has 0 aliphatic carbocycles. The van der Waals surface area contributed by atoms with Crippen molar-refractivity contribution < 1.29 is 15.6 Å². The fraction of sp³-hybridized carbons (Fsp3) is 0.700. The molecule has 2 atom stereocenters. The molecule has 0 aromatic heterocycles. The summed E-state index contributed by atoms with van der Waals surface area (Å²) in [5.74, 6) is -0.874. The number of carboxylic acid groups (broad SMARTS) is 1. The molecule has 0 rings (SSSR count). The number of nitrogens with one attached hydrogen (secondary N) is 1. The number of hydrogen-bond acceptors (Lipinski definition) is 3. The summed E-state index contributed by atoms with van der Waals surface area (Å²) in [6, 6.07) is 0. The molecule has 5 nitrogen and oxygen atoms in total. The topological polar surface area (TPSA) is 103 Å². The van der Waals surface area contributed by atoms with Crippen molar-refractivity contribution in [3.63, 3.8) is 0 Å². The first-order valence-electron chi connectivity index (χ1n) is 5.09. The van der Waals surface area contributed by atoms with Gasteiger partial charge in [0, 0.05) is 19.9 Å². The van der Waals surface area contributed by atoms with Crippen LogP contribution in [0.25, 0.3) is 0 Å². The Kier molecular flexibility index (Phi) is 6.15. The van der Waals surface area contributed by atoms with Crippen molar-refractivity contribution in [1.82, 2.24) is 5.32 Å². The number of hydrogen-bond donors (Lipinski definition) is 4. The Morgan fingerprint density at radius 2 is 2.27 bits per heavy atom. The van der Waals surface area contributed by atoms with Crippen LogP contribution in [0.4, 0.5) is 0 Å².